The van der Waals surface area contributed by atoms with Gasteiger partial charge in [-0.15, -0.1) is 0 Å². The molecule has 7 aliphatic heterocycles. The molecule has 3 aromatic heterocycles. The molecule has 4 saturated heterocycles. The van der Waals surface area contributed by atoms with Crippen LogP contribution in [0.1, 0.15) is 86.3 Å². The lowest BCUT2D eigenvalue weighted by molar-refractivity contribution is -0.384. The second kappa shape index (κ2) is 21.7. The molecule has 1 spiro atoms. The van der Waals surface area contributed by atoms with Crippen molar-refractivity contribution < 1.29 is 46.6 Å². The number of amides is 1. The first-order chi connectivity index (χ1) is 40.3. The number of aromatic amines is 1. The fourth-order valence-corrected chi connectivity index (χ4v) is 15.5. The number of sulfonamides is 1. The van der Waals surface area contributed by atoms with Gasteiger partial charge in [0.2, 0.25) is 5.88 Å². The van der Waals surface area contributed by atoms with Gasteiger partial charge in [-0.05, 0) is 125 Å². The number of nitro groups is 1. The number of para-hydroxylation sites is 1. The number of benzene rings is 3. The van der Waals surface area contributed by atoms with Gasteiger partial charge in [-0.2, -0.15) is 4.98 Å². The predicted molar refractivity (Wildman–Crippen MR) is 310 cm³/mol. The van der Waals surface area contributed by atoms with Crippen LogP contribution >= 0.6 is 0 Å². The zero-order valence-corrected chi connectivity index (χ0v) is 47.6. The number of pyridine rings is 2. The summed E-state index contributed by atoms with van der Waals surface area (Å²) in [7, 11) is -4.72. The molecule has 436 valence electrons. The molecule has 1 aliphatic carbocycles. The van der Waals surface area contributed by atoms with E-state index in [0.29, 0.717) is 61.8 Å². The van der Waals surface area contributed by atoms with Gasteiger partial charge >= 0.3 is 0 Å². The molecule has 22 heteroatoms. The summed E-state index contributed by atoms with van der Waals surface area (Å²) in [4.78, 5) is 48.7. The second-order valence-electron chi connectivity index (χ2n) is 24.1. The average molecular weight is 1150 g/mol. The van der Waals surface area contributed by atoms with Crippen LogP contribution in [0.3, 0.4) is 0 Å². The summed E-state index contributed by atoms with van der Waals surface area (Å²) in [5.74, 6) is 1.47. The number of carbonyl (C=O) groups excluding carboxylic acids is 1. The van der Waals surface area contributed by atoms with Crippen molar-refractivity contribution in [2.24, 2.45) is 11.3 Å². The lowest BCUT2D eigenvalue weighted by atomic mass is 9.59. The van der Waals surface area contributed by atoms with Gasteiger partial charge < -0.3 is 48.5 Å². The number of ether oxygens (including phenoxy) is 6. The van der Waals surface area contributed by atoms with Gasteiger partial charge in [0, 0.05) is 106 Å². The summed E-state index contributed by atoms with van der Waals surface area (Å²) in [5.41, 5.74) is 4.99. The number of piperidine rings is 1. The maximum absolute atomic E-state index is 15.0. The minimum Gasteiger partial charge on any atom is -0.491 e. The molecule has 0 bridgehead atoms. The Bertz CT molecular complexity index is 3560. The highest BCUT2D eigenvalue weighted by atomic mass is 32.2. The van der Waals surface area contributed by atoms with Crippen molar-refractivity contribution in [2.45, 2.75) is 113 Å². The molecule has 21 nitrogen and oxygen atoms in total. The van der Waals surface area contributed by atoms with Crippen LogP contribution in [0.5, 0.6) is 23.1 Å². The molecular formula is C61H70N10O11S. The monoisotopic (exact) mass is 1150 g/mol. The first kappa shape index (κ1) is 53.7. The first-order valence-corrected chi connectivity index (χ1v) is 30.9. The number of hydrogen-bond donors (Lipinski definition) is 3. The van der Waals surface area contributed by atoms with Gasteiger partial charge in [0.25, 0.3) is 21.6 Å². The molecule has 83 heavy (non-hydrogen) atoms. The molecule has 1 amide bonds. The van der Waals surface area contributed by atoms with Gasteiger partial charge in [0.15, 0.2) is 11.4 Å². The highest BCUT2D eigenvalue weighted by molar-refractivity contribution is 7.90. The highest BCUT2D eigenvalue weighted by Gasteiger charge is 2.51. The fraction of sp³-hybridized carbons (Fsp3) is 0.492. The Balaban J connectivity index is 0.735. The topological polar surface area (TPSA) is 228 Å². The van der Waals surface area contributed by atoms with E-state index in [1.54, 1.807) is 6.07 Å². The third kappa shape index (κ3) is 10.2. The number of carbonyl (C=O) groups is 1. The van der Waals surface area contributed by atoms with Crippen molar-refractivity contribution in [3.05, 3.63) is 118 Å². The standard InChI is InChI=1S/C61H70N10O11S/c1-37(2)81-53-6-4-3-5-45(53)52-33-68(42-25-39-9-16-62-32-55(39)79-34-42)20-21-69(52)43-30-61(31-43)14-18-67(19-15-61)41-7-8-46(49(27-41)70-48-13-24-78-36-56(48)82-60-51(70)26-40-10-17-63-58(40)65-60)59(72)66-83(75,76)44-28-50(71(73)74)57-54(29-44)80-35-47(64-57)38-11-22-77-23-12-38/h3-10,16-17,26-29,32,37-38,42-43,47-48,52,56,64H,11-15,18-25,30-31,33-36H2,1-2H3,(H,63,65)(H,66,72)/t42-,47+,48+,52+,56+/m1/s1. The van der Waals surface area contributed by atoms with E-state index < -0.39 is 37.5 Å². The van der Waals surface area contributed by atoms with Crippen LogP contribution in [0.2, 0.25) is 0 Å². The molecule has 8 aliphatic rings. The van der Waals surface area contributed by atoms with Crippen LogP contribution in [0.15, 0.2) is 96.3 Å². The van der Waals surface area contributed by atoms with Crippen molar-refractivity contribution >= 4 is 55.4 Å². The number of nitrogens with one attached hydrogen (secondary N) is 3. The van der Waals surface area contributed by atoms with Crippen molar-refractivity contribution in [1.82, 2.24) is 29.5 Å². The van der Waals surface area contributed by atoms with E-state index in [2.05, 4.69) is 83.8 Å². The van der Waals surface area contributed by atoms with Crippen LogP contribution in [0.25, 0.3) is 11.0 Å². The molecule has 3 N–H and O–H groups in total. The molecular weight excluding hydrogens is 1080 g/mol. The Morgan fingerprint density at radius 3 is 2.54 bits per heavy atom. The molecule has 0 unspecified atom stereocenters. The van der Waals surface area contributed by atoms with Crippen LogP contribution in [-0.2, 0) is 25.9 Å². The number of H-pyrrole nitrogens is 1. The predicted octanol–water partition coefficient (Wildman–Crippen LogP) is 8.17. The van der Waals surface area contributed by atoms with Gasteiger partial charge in [-0.25, -0.2) is 13.1 Å². The fourth-order valence-electron chi connectivity index (χ4n) is 14.5. The highest BCUT2D eigenvalue weighted by Crippen LogP contribution is 2.54. The molecule has 3 aromatic carbocycles. The summed E-state index contributed by atoms with van der Waals surface area (Å²) in [5, 5.41) is 16.7. The molecule has 5 atom stereocenters. The quantitative estimate of drug-likeness (QED) is 0.0775. The molecule has 6 aromatic rings. The van der Waals surface area contributed by atoms with E-state index >= 15 is 0 Å². The zero-order chi connectivity index (χ0) is 56.6. The maximum atomic E-state index is 15.0. The van der Waals surface area contributed by atoms with Gasteiger partial charge in [0.05, 0.1) is 58.1 Å². The molecule has 14 rings (SSSR count). The summed E-state index contributed by atoms with van der Waals surface area (Å²) in [6.07, 6.45) is 12.3. The minimum atomic E-state index is -4.72. The number of hydrogen-bond acceptors (Lipinski definition) is 18. The number of nitrogens with zero attached hydrogens (tertiary/aromatic N) is 7. The molecule has 10 heterocycles. The number of fused-ring (bicyclic) bond motifs is 5. The Morgan fingerprint density at radius 1 is 0.892 bits per heavy atom. The van der Waals surface area contributed by atoms with Crippen molar-refractivity contribution in [2.75, 3.05) is 87.5 Å². The smallest absolute Gasteiger partial charge is 0.297 e. The van der Waals surface area contributed by atoms with E-state index in [9.17, 15) is 23.3 Å². The maximum Gasteiger partial charge on any atom is 0.297 e. The van der Waals surface area contributed by atoms with Crippen molar-refractivity contribution in [3.8, 4) is 23.1 Å². The number of rotatable bonds is 12. The Hall–Kier alpha value is -7.24. The van der Waals surface area contributed by atoms with Gasteiger partial charge in [0.1, 0.15) is 42.2 Å². The molecule has 1 saturated carbocycles. The summed E-state index contributed by atoms with van der Waals surface area (Å²) < 4.78 is 68.2. The number of aromatic nitrogens is 3. The summed E-state index contributed by atoms with van der Waals surface area (Å²) in [6.45, 7) is 11.3. The number of nitro benzene ring substituents is 1. The van der Waals surface area contributed by atoms with Gasteiger partial charge in [-0.1, -0.05) is 18.2 Å². The van der Waals surface area contributed by atoms with E-state index in [1.807, 2.05) is 42.9 Å². The normalized spacial score (nSPS) is 24.7. The van der Waals surface area contributed by atoms with Gasteiger partial charge in [-0.3, -0.25) is 29.7 Å². The SMILES string of the molecule is CC(C)Oc1ccccc1[C@@H]1CN([C@H]2COc3cnccc3C2)CCN1C1CC2(CCN(c3ccc(C(=O)NS(=O)(=O)c4cc5c(c([N+](=O)[O-])c4)N[C@H](C4CCOCC4)CO5)c(N4c5cc6cc[nH]c6nc5O[C@H]5COCC[C@@H]54)c3)CC2)C1. The van der Waals surface area contributed by atoms with E-state index in [1.165, 1.54) is 17.2 Å². The lowest BCUT2D eigenvalue weighted by Gasteiger charge is -2.58. The Morgan fingerprint density at radius 2 is 1.71 bits per heavy atom. The Labute approximate surface area is 482 Å². The van der Waals surface area contributed by atoms with E-state index in [-0.39, 0.29) is 71.8 Å². The second-order valence-corrected chi connectivity index (χ2v) is 25.7. The largest absolute Gasteiger partial charge is 0.491 e. The number of piperazine rings is 1. The zero-order valence-electron chi connectivity index (χ0n) is 46.7. The van der Waals surface area contributed by atoms with Crippen LogP contribution in [0, 0.1) is 21.4 Å². The summed E-state index contributed by atoms with van der Waals surface area (Å²) >= 11 is 0. The third-order valence-electron chi connectivity index (χ3n) is 18.8. The lowest BCUT2D eigenvalue weighted by Crippen LogP contribution is -2.61. The average Bonchev–Trinajstić information content (AvgIpc) is 4.07. The van der Waals surface area contributed by atoms with Crippen LogP contribution in [0.4, 0.5) is 28.4 Å². The third-order valence-corrected chi connectivity index (χ3v) is 20.1. The number of anilines is 4. The van der Waals surface area contributed by atoms with Crippen LogP contribution < -0.4 is 38.8 Å². The molecule has 0 radical (unpaired) electrons. The molecule has 5 fully saturated rings. The first-order valence-electron chi connectivity index (χ1n) is 29.4. The summed E-state index contributed by atoms with van der Waals surface area (Å²) in [6, 6.07) is 22.7. The minimum absolute atomic E-state index is 0.0244. The van der Waals surface area contributed by atoms with Crippen molar-refractivity contribution in [3.63, 3.8) is 0 Å². The van der Waals surface area contributed by atoms with E-state index in [4.69, 9.17) is 33.4 Å². The van der Waals surface area contributed by atoms with Crippen molar-refractivity contribution in [1.29, 1.82) is 0 Å². The van der Waals surface area contributed by atoms with Crippen LogP contribution in [-0.4, -0.2) is 153 Å². The Kier molecular flexibility index (Phi) is 14.1. The van der Waals surface area contributed by atoms with E-state index in [0.717, 1.165) is 106 Å².